The van der Waals surface area contributed by atoms with Crippen molar-refractivity contribution in [3.05, 3.63) is 126 Å². The first-order valence-electron chi connectivity index (χ1n) is 11.4. The van der Waals surface area contributed by atoms with E-state index in [9.17, 15) is 4.79 Å². The van der Waals surface area contributed by atoms with Crippen LogP contribution < -0.4 is 14.4 Å². The molecule has 0 aliphatic carbocycles. The van der Waals surface area contributed by atoms with E-state index < -0.39 is 5.41 Å². The lowest BCUT2D eigenvalue weighted by atomic mass is 9.60. The largest absolute Gasteiger partial charge is 0.497 e. The molecule has 0 bridgehead atoms. The fourth-order valence-corrected chi connectivity index (χ4v) is 5.04. The normalized spacial score (nSPS) is 19.4. The zero-order valence-corrected chi connectivity index (χ0v) is 19.3. The van der Waals surface area contributed by atoms with Gasteiger partial charge in [-0.25, -0.2) is 0 Å². The summed E-state index contributed by atoms with van der Waals surface area (Å²) in [7, 11) is 3.31. The van der Waals surface area contributed by atoms with Gasteiger partial charge in [0, 0.05) is 5.69 Å². The number of ether oxygens (including phenoxy) is 2. The molecular weight excluding hydrogens is 422 g/mol. The summed E-state index contributed by atoms with van der Waals surface area (Å²) in [5.41, 5.74) is 3.35. The molecular formula is C30H27NO3. The lowest BCUT2D eigenvalue weighted by Gasteiger charge is -2.57. The molecule has 5 rings (SSSR count). The first-order chi connectivity index (χ1) is 16.7. The van der Waals surface area contributed by atoms with Gasteiger partial charge in [-0.05, 0) is 59.5 Å². The Bertz CT molecular complexity index is 1250. The Morgan fingerprint density at radius 3 is 1.79 bits per heavy atom. The van der Waals surface area contributed by atoms with E-state index in [1.54, 1.807) is 14.2 Å². The fourth-order valence-electron chi connectivity index (χ4n) is 5.04. The van der Waals surface area contributed by atoms with Crippen LogP contribution in [0.4, 0.5) is 5.69 Å². The highest BCUT2D eigenvalue weighted by molar-refractivity contribution is 6.10. The predicted molar refractivity (Wildman–Crippen MR) is 134 cm³/mol. The number of nitrogens with zero attached hydrogens (tertiary/aromatic N) is 1. The lowest BCUT2D eigenvalue weighted by Crippen LogP contribution is -2.67. The average molecular weight is 450 g/mol. The van der Waals surface area contributed by atoms with Crippen molar-refractivity contribution in [3.63, 3.8) is 0 Å². The Morgan fingerprint density at radius 2 is 1.24 bits per heavy atom. The molecule has 4 heteroatoms. The van der Waals surface area contributed by atoms with Crippen molar-refractivity contribution in [2.75, 3.05) is 19.1 Å². The summed E-state index contributed by atoms with van der Waals surface area (Å²) >= 11 is 0. The van der Waals surface area contributed by atoms with Crippen molar-refractivity contribution < 1.29 is 14.3 Å². The maximum Gasteiger partial charge on any atom is 0.241 e. The highest BCUT2D eigenvalue weighted by atomic mass is 16.5. The van der Waals surface area contributed by atoms with Crippen LogP contribution in [0.5, 0.6) is 11.5 Å². The van der Waals surface area contributed by atoms with Gasteiger partial charge in [-0.15, -0.1) is 0 Å². The van der Waals surface area contributed by atoms with Crippen molar-refractivity contribution in [2.45, 2.75) is 17.9 Å². The van der Waals surface area contributed by atoms with E-state index in [-0.39, 0.29) is 11.9 Å². The Balaban J connectivity index is 1.68. The Morgan fingerprint density at radius 1 is 0.706 bits per heavy atom. The van der Waals surface area contributed by atoms with Crippen molar-refractivity contribution in [2.24, 2.45) is 0 Å². The van der Waals surface area contributed by atoms with E-state index in [0.29, 0.717) is 6.42 Å². The first kappa shape index (κ1) is 21.8. The second kappa shape index (κ2) is 9.06. The molecule has 4 nitrogen and oxygen atoms in total. The minimum absolute atomic E-state index is 0.0912. The van der Waals surface area contributed by atoms with Crippen LogP contribution in [-0.4, -0.2) is 20.1 Å². The van der Waals surface area contributed by atoms with Crippen LogP contribution in [0.2, 0.25) is 0 Å². The smallest absolute Gasteiger partial charge is 0.241 e. The molecule has 170 valence electrons. The molecule has 1 amide bonds. The van der Waals surface area contributed by atoms with Crippen LogP contribution in [-0.2, 0) is 16.6 Å². The molecule has 1 aliphatic rings. The van der Waals surface area contributed by atoms with Gasteiger partial charge in [0.15, 0.2) is 0 Å². The second-order valence-electron chi connectivity index (χ2n) is 8.55. The number of carbonyl (C=O) groups is 1. The van der Waals surface area contributed by atoms with Crippen molar-refractivity contribution in [1.82, 2.24) is 0 Å². The van der Waals surface area contributed by atoms with Gasteiger partial charge < -0.3 is 14.4 Å². The molecule has 0 N–H and O–H groups in total. The highest BCUT2D eigenvalue weighted by Gasteiger charge is 2.62. The van der Waals surface area contributed by atoms with E-state index >= 15 is 0 Å². The SMILES string of the molecule is COc1ccc([C@H]2N(c3ccc(OC)cc3)C(=O)[C@@]2(Cc2ccccc2)c2ccccc2)cc1. The van der Waals surface area contributed by atoms with E-state index in [2.05, 4.69) is 36.4 Å². The summed E-state index contributed by atoms with van der Waals surface area (Å²) in [6.07, 6.45) is 0.611. The Labute approximate surface area is 200 Å². The van der Waals surface area contributed by atoms with Gasteiger partial charge in [-0.2, -0.15) is 0 Å². The molecule has 0 radical (unpaired) electrons. The summed E-state index contributed by atoms with van der Waals surface area (Å²) in [5.74, 6) is 1.64. The molecule has 1 heterocycles. The number of hydrogen-bond donors (Lipinski definition) is 0. The van der Waals surface area contributed by atoms with Crippen molar-refractivity contribution in [1.29, 1.82) is 0 Å². The molecule has 2 atom stereocenters. The van der Waals surface area contributed by atoms with Crippen molar-refractivity contribution in [3.8, 4) is 11.5 Å². The zero-order valence-electron chi connectivity index (χ0n) is 19.3. The molecule has 4 aromatic carbocycles. The minimum atomic E-state index is -0.725. The van der Waals surface area contributed by atoms with E-state index in [1.807, 2.05) is 77.7 Å². The number of carbonyl (C=O) groups excluding carboxylic acids is 1. The van der Waals surface area contributed by atoms with Gasteiger partial charge in [0.25, 0.3) is 0 Å². The van der Waals surface area contributed by atoms with Crippen LogP contribution >= 0.6 is 0 Å². The Kier molecular flexibility index (Phi) is 5.81. The maximum atomic E-state index is 14.2. The number of hydrogen-bond acceptors (Lipinski definition) is 3. The van der Waals surface area contributed by atoms with Gasteiger partial charge >= 0.3 is 0 Å². The topological polar surface area (TPSA) is 38.8 Å². The standard InChI is InChI=1S/C30H27NO3/c1-33-26-17-13-23(14-18-26)28-30(24-11-7-4-8-12-24,21-22-9-5-3-6-10-22)29(32)31(28)25-15-19-27(34-2)20-16-25/h3-20,28H,21H2,1-2H3/t28-,30+/m1/s1. The fraction of sp³-hybridized carbons (Fsp3) is 0.167. The number of rotatable bonds is 7. The van der Waals surface area contributed by atoms with Crippen LogP contribution in [0.25, 0.3) is 0 Å². The maximum absolute atomic E-state index is 14.2. The number of benzene rings is 4. The van der Waals surface area contributed by atoms with Gasteiger partial charge in [0.05, 0.1) is 20.3 Å². The quantitative estimate of drug-likeness (QED) is 0.326. The summed E-state index contributed by atoms with van der Waals surface area (Å²) in [4.78, 5) is 16.1. The Hall–Kier alpha value is -4.05. The molecule has 0 unspecified atom stereocenters. The van der Waals surface area contributed by atoms with Gasteiger partial charge in [-0.3, -0.25) is 4.79 Å². The molecule has 0 saturated carbocycles. The summed E-state index contributed by atoms with van der Waals surface area (Å²) in [6.45, 7) is 0. The van der Waals surface area contributed by atoms with Gasteiger partial charge in [-0.1, -0.05) is 72.8 Å². The molecule has 1 aliphatic heterocycles. The molecule has 0 aromatic heterocycles. The van der Waals surface area contributed by atoms with Crippen LogP contribution in [0, 0.1) is 0 Å². The number of methoxy groups -OCH3 is 2. The average Bonchev–Trinajstić information content (AvgIpc) is 2.91. The lowest BCUT2D eigenvalue weighted by molar-refractivity contribution is -0.133. The first-order valence-corrected chi connectivity index (χ1v) is 11.4. The van der Waals surface area contributed by atoms with Gasteiger partial charge in [0.2, 0.25) is 5.91 Å². The third kappa shape index (κ3) is 3.61. The summed E-state index contributed by atoms with van der Waals surface area (Å²) in [6, 6.07) is 36.0. The molecule has 1 fully saturated rings. The van der Waals surface area contributed by atoms with Crippen LogP contribution in [0.3, 0.4) is 0 Å². The second-order valence-corrected chi connectivity index (χ2v) is 8.55. The number of β-lactam (4-membered cyclic amide) rings is 1. The van der Waals surface area contributed by atoms with E-state index in [0.717, 1.165) is 33.9 Å². The van der Waals surface area contributed by atoms with Crippen LogP contribution in [0.1, 0.15) is 22.7 Å². The third-order valence-corrected chi connectivity index (χ3v) is 6.72. The summed E-state index contributed by atoms with van der Waals surface area (Å²) in [5, 5.41) is 0. The monoisotopic (exact) mass is 449 g/mol. The molecule has 34 heavy (non-hydrogen) atoms. The number of amides is 1. The minimum Gasteiger partial charge on any atom is -0.497 e. The van der Waals surface area contributed by atoms with E-state index in [1.165, 1.54) is 0 Å². The predicted octanol–water partition coefficient (Wildman–Crippen LogP) is 5.97. The molecule has 1 saturated heterocycles. The van der Waals surface area contributed by atoms with Gasteiger partial charge in [0.1, 0.15) is 16.9 Å². The third-order valence-electron chi connectivity index (χ3n) is 6.72. The number of anilines is 1. The highest BCUT2D eigenvalue weighted by Crippen LogP contribution is 2.55. The molecule has 0 spiro atoms. The summed E-state index contributed by atoms with van der Waals surface area (Å²) < 4.78 is 10.7. The van der Waals surface area contributed by atoms with Crippen molar-refractivity contribution >= 4 is 11.6 Å². The molecule has 4 aromatic rings. The zero-order chi connectivity index (χ0) is 23.5. The van der Waals surface area contributed by atoms with Crippen LogP contribution in [0.15, 0.2) is 109 Å². The van der Waals surface area contributed by atoms with E-state index in [4.69, 9.17) is 9.47 Å².